The van der Waals surface area contributed by atoms with E-state index in [0.29, 0.717) is 18.0 Å². The van der Waals surface area contributed by atoms with Gasteiger partial charge >= 0.3 is 0 Å². The van der Waals surface area contributed by atoms with Crippen LogP contribution in [0.5, 0.6) is 5.75 Å². The number of hydrogen-bond acceptors (Lipinski definition) is 5. The second-order valence-electron chi connectivity index (χ2n) is 6.37. The van der Waals surface area contributed by atoms with Crippen LogP contribution in [0.25, 0.3) is 6.08 Å². The number of thiocarbonyl (C=S) groups is 1. The van der Waals surface area contributed by atoms with Crippen LogP contribution in [0.1, 0.15) is 12.5 Å². The largest absolute Gasteiger partial charge is 0.494 e. The summed E-state index contributed by atoms with van der Waals surface area (Å²) in [7, 11) is 3.89. The molecule has 1 aliphatic rings. The van der Waals surface area contributed by atoms with Crippen LogP contribution in [0.2, 0.25) is 0 Å². The molecule has 7 heteroatoms. The molecule has 6 nitrogen and oxygen atoms in total. The van der Waals surface area contributed by atoms with Crippen LogP contribution in [-0.4, -0.2) is 37.6 Å². The van der Waals surface area contributed by atoms with Gasteiger partial charge in [0.2, 0.25) is 0 Å². The van der Waals surface area contributed by atoms with Crippen molar-refractivity contribution in [1.82, 2.24) is 5.32 Å². The quantitative estimate of drug-likeness (QED) is 0.479. The van der Waals surface area contributed by atoms with E-state index in [9.17, 15) is 9.59 Å². The Hall–Kier alpha value is -3.19. The monoisotopic (exact) mass is 395 g/mol. The SMILES string of the molecule is CCOc1ccc(N2C(=O)/C(=C/c3ccc(N(C)C)cc3)C(=O)NC2=S)cc1. The minimum absolute atomic E-state index is 0.0279. The summed E-state index contributed by atoms with van der Waals surface area (Å²) in [5, 5.41) is 2.64. The van der Waals surface area contributed by atoms with E-state index in [4.69, 9.17) is 17.0 Å². The first kappa shape index (κ1) is 19.6. The second kappa shape index (κ2) is 8.22. The lowest BCUT2D eigenvalue weighted by Gasteiger charge is -2.29. The van der Waals surface area contributed by atoms with Crippen molar-refractivity contribution >= 4 is 46.6 Å². The summed E-state index contributed by atoms with van der Waals surface area (Å²) in [5.41, 5.74) is 2.37. The third-order valence-electron chi connectivity index (χ3n) is 4.23. The van der Waals surface area contributed by atoms with Crippen molar-refractivity contribution in [2.75, 3.05) is 30.5 Å². The van der Waals surface area contributed by atoms with Gasteiger partial charge in [-0.2, -0.15) is 0 Å². The maximum absolute atomic E-state index is 13.0. The van der Waals surface area contributed by atoms with Crippen LogP contribution in [-0.2, 0) is 9.59 Å². The van der Waals surface area contributed by atoms with Crippen LogP contribution < -0.4 is 19.9 Å². The molecule has 1 heterocycles. The average molecular weight is 395 g/mol. The van der Waals surface area contributed by atoms with Crippen LogP contribution in [0.15, 0.2) is 54.1 Å². The highest BCUT2D eigenvalue weighted by Gasteiger charge is 2.34. The maximum Gasteiger partial charge on any atom is 0.270 e. The Morgan fingerprint density at radius 3 is 2.29 bits per heavy atom. The lowest BCUT2D eigenvalue weighted by atomic mass is 10.1. The van der Waals surface area contributed by atoms with Gasteiger partial charge in [0.15, 0.2) is 5.11 Å². The summed E-state index contributed by atoms with van der Waals surface area (Å²) < 4.78 is 5.42. The molecule has 0 saturated carbocycles. The molecule has 28 heavy (non-hydrogen) atoms. The summed E-state index contributed by atoms with van der Waals surface area (Å²) in [6.07, 6.45) is 1.57. The number of anilines is 2. The zero-order valence-corrected chi connectivity index (χ0v) is 16.7. The highest BCUT2D eigenvalue weighted by atomic mass is 32.1. The normalized spacial score (nSPS) is 15.6. The van der Waals surface area contributed by atoms with Crippen molar-refractivity contribution in [2.24, 2.45) is 0 Å². The Labute approximate surface area is 169 Å². The molecule has 144 valence electrons. The van der Waals surface area contributed by atoms with Crippen LogP contribution in [0, 0.1) is 0 Å². The van der Waals surface area contributed by atoms with E-state index in [2.05, 4.69) is 5.32 Å². The minimum atomic E-state index is -0.506. The van der Waals surface area contributed by atoms with Crippen molar-refractivity contribution in [3.63, 3.8) is 0 Å². The number of rotatable bonds is 5. The maximum atomic E-state index is 13.0. The first-order chi connectivity index (χ1) is 13.4. The third kappa shape index (κ3) is 4.04. The molecule has 2 aromatic carbocycles. The molecule has 3 rings (SSSR count). The average Bonchev–Trinajstić information content (AvgIpc) is 2.67. The number of amides is 2. The number of ether oxygens (including phenoxy) is 1. The molecule has 0 bridgehead atoms. The minimum Gasteiger partial charge on any atom is -0.494 e. The van der Waals surface area contributed by atoms with Crippen molar-refractivity contribution in [2.45, 2.75) is 6.92 Å². The molecule has 0 atom stereocenters. The number of benzene rings is 2. The van der Waals surface area contributed by atoms with Gasteiger partial charge in [0.1, 0.15) is 11.3 Å². The summed E-state index contributed by atoms with van der Waals surface area (Å²) in [6, 6.07) is 14.5. The molecule has 0 spiro atoms. The van der Waals surface area contributed by atoms with Gasteiger partial charge in [-0.15, -0.1) is 0 Å². The molecule has 2 amide bonds. The van der Waals surface area contributed by atoms with E-state index in [1.165, 1.54) is 4.90 Å². The van der Waals surface area contributed by atoms with E-state index >= 15 is 0 Å². The van der Waals surface area contributed by atoms with Crippen LogP contribution in [0.4, 0.5) is 11.4 Å². The lowest BCUT2D eigenvalue weighted by molar-refractivity contribution is -0.122. The lowest BCUT2D eigenvalue weighted by Crippen LogP contribution is -2.54. The smallest absolute Gasteiger partial charge is 0.270 e. The number of carbonyl (C=O) groups is 2. The summed E-state index contributed by atoms with van der Waals surface area (Å²) >= 11 is 5.22. The summed E-state index contributed by atoms with van der Waals surface area (Å²) in [5.74, 6) is -0.272. The topological polar surface area (TPSA) is 61.9 Å². The number of nitrogens with one attached hydrogen (secondary N) is 1. The van der Waals surface area contributed by atoms with Crippen molar-refractivity contribution in [3.8, 4) is 5.75 Å². The zero-order chi connectivity index (χ0) is 20.3. The van der Waals surface area contributed by atoms with Gasteiger partial charge < -0.3 is 9.64 Å². The van der Waals surface area contributed by atoms with E-state index in [-0.39, 0.29) is 10.7 Å². The van der Waals surface area contributed by atoms with E-state index in [1.807, 2.05) is 50.2 Å². The molecule has 2 aromatic rings. The number of carbonyl (C=O) groups excluding carboxylic acids is 2. The highest BCUT2D eigenvalue weighted by molar-refractivity contribution is 7.80. The van der Waals surface area contributed by atoms with Crippen LogP contribution in [0.3, 0.4) is 0 Å². The molecule has 1 aliphatic heterocycles. The first-order valence-corrected chi connectivity index (χ1v) is 9.23. The Morgan fingerprint density at radius 1 is 1.07 bits per heavy atom. The summed E-state index contributed by atoms with van der Waals surface area (Å²) in [6.45, 7) is 2.45. The van der Waals surface area contributed by atoms with Gasteiger partial charge in [0, 0.05) is 19.8 Å². The highest BCUT2D eigenvalue weighted by Crippen LogP contribution is 2.25. The molecule has 1 saturated heterocycles. The predicted octanol–water partition coefficient (Wildman–Crippen LogP) is 2.98. The second-order valence-corrected chi connectivity index (χ2v) is 6.76. The predicted molar refractivity (Wildman–Crippen MR) is 115 cm³/mol. The molecular formula is C21H21N3O3S. The standard InChI is InChI=1S/C21H21N3O3S/c1-4-27-17-11-9-16(10-12-17)24-20(26)18(19(25)22-21(24)28)13-14-5-7-15(8-6-14)23(2)3/h5-13H,4H2,1-3H3,(H,22,25,28)/b18-13+. The van der Waals surface area contributed by atoms with Gasteiger partial charge in [-0.25, -0.2) is 0 Å². The fourth-order valence-electron chi connectivity index (χ4n) is 2.79. The van der Waals surface area contributed by atoms with Crippen molar-refractivity contribution < 1.29 is 14.3 Å². The Balaban J connectivity index is 1.91. The molecule has 1 fully saturated rings. The van der Waals surface area contributed by atoms with Gasteiger partial charge in [-0.05, 0) is 67.2 Å². The zero-order valence-electron chi connectivity index (χ0n) is 15.9. The fourth-order valence-corrected chi connectivity index (χ4v) is 3.07. The molecule has 0 aromatic heterocycles. The van der Waals surface area contributed by atoms with Crippen molar-refractivity contribution in [3.05, 3.63) is 59.7 Å². The van der Waals surface area contributed by atoms with E-state index in [1.54, 1.807) is 30.3 Å². The first-order valence-electron chi connectivity index (χ1n) is 8.82. The van der Waals surface area contributed by atoms with Gasteiger partial charge in [-0.3, -0.25) is 19.8 Å². The van der Waals surface area contributed by atoms with Gasteiger partial charge in [0.05, 0.1) is 12.3 Å². The van der Waals surface area contributed by atoms with Gasteiger partial charge in [0.25, 0.3) is 11.8 Å². The third-order valence-corrected chi connectivity index (χ3v) is 4.51. The summed E-state index contributed by atoms with van der Waals surface area (Å²) in [4.78, 5) is 28.7. The van der Waals surface area contributed by atoms with E-state index in [0.717, 1.165) is 11.3 Å². The van der Waals surface area contributed by atoms with Gasteiger partial charge in [-0.1, -0.05) is 12.1 Å². The van der Waals surface area contributed by atoms with Crippen molar-refractivity contribution in [1.29, 1.82) is 0 Å². The Bertz CT molecular complexity index is 934. The van der Waals surface area contributed by atoms with Crippen LogP contribution >= 0.6 is 12.2 Å². The molecule has 0 aliphatic carbocycles. The number of nitrogens with zero attached hydrogens (tertiary/aromatic N) is 2. The number of hydrogen-bond donors (Lipinski definition) is 1. The molecule has 1 N–H and O–H groups in total. The van der Waals surface area contributed by atoms with E-state index < -0.39 is 11.8 Å². The Morgan fingerprint density at radius 2 is 1.71 bits per heavy atom. The fraction of sp³-hybridized carbons (Fsp3) is 0.190. The molecule has 0 radical (unpaired) electrons. The Kier molecular flexibility index (Phi) is 5.75. The molecule has 0 unspecified atom stereocenters. The molecular weight excluding hydrogens is 374 g/mol.